The van der Waals surface area contributed by atoms with Crippen molar-refractivity contribution < 1.29 is 24.2 Å². The second-order valence-electron chi connectivity index (χ2n) is 9.39. The summed E-state index contributed by atoms with van der Waals surface area (Å²) in [6.45, 7) is 3.64. The zero-order valence-electron chi connectivity index (χ0n) is 20.2. The molecule has 2 saturated heterocycles. The molecular formula is C24H33N5O6. The second-order valence-corrected chi connectivity index (χ2v) is 9.39. The topological polar surface area (TPSA) is 126 Å². The van der Waals surface area contributed by atoms with Crippen molar-refractivity contribution in [1.82, 2.24) is 24.3 Å². The molecule has 1 unspecified atom stereocenters. The largest absolute Gasteiger partial charge is 0.465 e. The average Bonchev–Trinajstić information content (AvgIpc) is 3.07. The molecule has 3 heterocycles. The van der Waals surface area contributed by atoms with Crippen LogP contribution in [-0.4, -0.2) is 87.9 Å². The molecule has 0 spiro atoms. The lowest BCUT2D eigenvalue weighted by Gasteiger charge is -2.33. The molecule has 2 aliphatic rings. The summed E-state index contributed by atoms with van der Waals surface area (Å²) in [6.07, 6.45) is 2.10. The van der Waals surface area contributed by atoms with Crippen LogP contribution in [-0.2, 0) is 27.8 Å². The van der Waals surface area contributed by atoms with Crippen LogP contribution in [0.5, 0.6) is 0 Å². The summed E-state index contributed by atoms with van der Waals surface area (Å²) in [5, 5.41) is 11.3. The fraction of sp³-hybridized carbons (Fsp3) is 0.583. The first-order chi connectivity index (χ1) is 16.7. The predicted molar refractivity (Wildman–Crippen MR) is 128 cm³/mol. The van der Waals surface area contributed by atoms with Crippen molar-refractivity contribution in [3.05, 3.63) is 34.2 Å². The average molecular weight is 488 g/mol. The number of fused-ring (bicyclic) bond motifs is 1. The number of aromatic nitrogens is 2. The summed E-state index contributed by atoms with van der Waals surface area (Å²) in [5.74, 6) is -0.737. The molecule has 190 valence electrons. The molecule has 2 fully saturated rings. The van der Waals surface area contributed by atoms with Crippen molar-refractivity contribution in [1.29, 1.82) is 0 Å². The molecule has 3 amide bonds. The van der Waals surface area contributed by atoms with Gasteiger partial charge in [-0.1, -0.05) is 6.07 Å². The molecule has 2 aliphatic heterocycles. The van der Waals surface area contributed by atoms with Gasteiger partial charge in [-0.15, -0.1) is 0 Å². The number of carbonyl (C=O) groups excluding carboxylic acids is 2. The maximum Gasteiger partial charge on any atom is 0.407 e. The summed E-state index contributed by atoms with van der Waals surface area (Å²) in [4.78, 5) is 51.4. The van der Waals surface area contributed by atoms with Crippen molar-refractivity contribution in [2.24, 2.45) is 7.05 Å². The van der Waals surface area contributed by atoms with E-state index in [1.165, 1.54) is 9.47 Å². The minimum atomic E-state index is -0.931. The van der Waals surface area contributed by atoms with Gasteiger partial charge in [0.1, 0.15) is 6.04 Å². The van der Waals surface area contributed by atoms with E-state index in [1.54, 1.807) is 18.7 Å². The Labute approximate surface area is 203 Å². The molecule has 2 N–H and O–H groups in total. The number of aryl methyl sites for hydroxylation is 2. The van der Waals surface area contributed by atoms with E-state index in [2.05, 4.69) is 10.2 Å². The van der Waals surface area contributed by atoms with E-state index in [4.69, 9.17) is 9.84 Å². The second kappa shape index (κ2) is 10.6. The zero-order valence-corrected chi connectivity index (χ0v) is 20.2. The van der Waals surface area contributed by atoms with Crippen LogP contribution in [0.15, 0.2) is 23.0 Å². The van der Waals surface area contributed by atoms with E-state index in [1.807, 2.05) is 18.2 Å². The number of benzene rings is 1. The van der Waals surface area contributed by atoms with Crippen molar-refractivity contribution >= 4 is 28.9 Å². The first-order valence-electron chi connectivity index (χ1n) is 12.1. The van der Waals surface area contributed by atoms with Crippen LogP contribution >= 0.6 is 0 Å². The van der Waals surface area contributed by atoms with E-state index in [0.29, 0.717) is 31.5 Å². The highest BCUT2D eigenvalue weighted by Crippen LogP contribution is 2.24. The maximum atomic E-state index is 12.9. The molecule has 2 atom stereocenters. The van der Waals surface area contributed by atoms with Crippen LogP contribution in [0.2, 0.25) is 0 Å². The highest BCUT2D eigenvalue weighted by atomic mass is 16.5. The van der Waals surface area contributed by atoms with Gasteiger partial charge in [0, 0.05) is 40.2 Å². The van der Waals surface area contributed by atoms with Gasteiger partial charge in [0.05, 0.1) is 23.7 Å². The number of amides is 3. The quantitative estimate of drug-likeness (QED) is 0.531. The maximum absolute atomic E-state index is 12.9. The third-order valence-electron chi connectivity index (χ3n) is 6.95. The van der Waals surface area contributed by atoms with Gasteiger partial charge in [0.2, 0.25) is 11.8 Å². The van der Waals surface area contributed by atoms with Crippen molar-refractivity contribution in [3.8, 4) is 0 Å². The number of hydrogen-bond acceptors (Lipinski definition) is 6. The van der Waals surface area contributed by atoms with Gasteiger partial charge in [-0.05, 0) is 49.9 Å². The highest BCUT2D eigenvalue weighted by Gasteiger charge is 2.31. The Kier molecular flexibility index (Phi) is 7.56. The molecule has 2 aromatic rings. The Morgan fingerprint density at radius 2 is 2.06 bits per heavy atom. The van der Waals surface area contributed by atoms with Crippen molar-refractivity contribution in [2.75, 3.05) is 39.8 Å². The Bertz CT molecular complexity index is 1170. The monoisotopic (exact) mass is 487 g/mol. The lowest BCUT2D eigenvalue weighted by molar-refractivity contribution is -0.135. The number of nitrogens with one attached hydrogen (secondary N) is 1. The Morgan fingerprint density at radius 1 is 1.26 bits per heavy atom. The lowest BCUT2D eigenvalue weighted by Crippen LogP contribution is -2.44. The summed E-state index contributed by atoms with van der Waals surface area (Å²) in [5.41, 5.74) is 2.31. The fourth-order valence-corrected chi connectivity index (χ4v) is 4.89. The summed E-state index contributed by atoms with van der Waals surface area (Å²) in [6, 6.07) is 5.20. The van der Waals surface area contributed by atoms with Crippen LogP contribution in [0.25, 0.3) is 11.0 Å². The van der Waals surface area contributed by atoms with Gasteiger partial charge in [0.25, 0.3) is 0 Å². The Hall–Kier alpha value is -3.18. The van der Waals surface area contributed by atoms with Gasteiger partial charge in [-0.25, -0.2) is 9.59 Å². The summed E-state index contributed by atoms with van der Waals surface area (Å²) >= 11 is 0. The molecule has 1 aromatic carbocycles. The molecular weight excluding hydrogens is 454 g/mol. The number of hydrogen-bond donors (Lipinski definition) is 2. The van der Waals surface area contributed by atoms with Crippen LogP contribution in [0.1, 0.15) is 37.3 Å². The summed E-state index contributed by atoms with van der Waals surface area (Å²) < 4.78 is 8.85. The van der Waals surface area contributed by atoms with Gasteiger partial charge in [-0.3, -0.25) is 28.9 Å². The molecule has 4 rings (SSSR count). The number of carboxylic acid groups (broad SMARTS) is 1. The predicted octanol–water partition coefficient (Wildman–Crippen LogP) is 0.951. The molecule has 35 heavy (non-hydrogen) atoms. The van der Waals surface area contributed by atoms with Crippen molar-refractivity contribution in [3.63, 3.8) is 0 Å². The van der Waals surface area contributed by atoms with E-state index in [0.717, 1.165) is 43.6 Å². The van der Waals surface area contributed by atoms with Gasteiger partial charge in [0.15, 0.2) is 0 Å². The van der Waals surface area contributed by atoms with Crippen LogP contribution in [0.3, 0.4) is 0 Å². The van der Waals surface area contributed by atoms with Crippen molar-refractivity contribution in [2.45, 2.75) is 44.2 Å². The normalized spacial score (nSPS) is 21.3. The molecule has 0 radical (unpaired) electrons. The van der Waals surface area contributed by atoms with E-state index >= 15 is 0 Å². The Morgan fingerprint density at radius 3 is 2.80 bits per heavy atom. The number of ether oxygens (including phenoxy) is 1. The number of carbonyl (C=O) groups is 3. The lowest BCUT2D eigenvalue weighted by atomic mass is 10.0. The number of imidazole rings is 1. The number of morpholine rings is 1. The zero-order chi connectivity index (χ0) is 25.1. The van der Waals surface area contributed by atoms with Gasteiger partial charge >= 0.3 is 11.8 Å². The minimum absolute atomic E-state index is 0.0310. The third kappa shape index (κ3) is 5.57. The van der Waals surface area contributed by atoms with E-state index in [9.17, 15) is 19.2 Å². The molecule has 11 nitrogen and oxygen atoms in total. The van der Waals surface area contributed by atoms with Gasteiger partial charge < -0.3 is 14.7 Å². The third-order valence-corrected chi connectivity index (χ3v) is 6.95. The highest BCUT2D eigenvalue weighted by molar-refractivity contribution is 6.00. The van der Waals surface area contributed by atoms with Crippen LogP contribution < -0.4 is 11.0 Å². The smallest absolute Gasteiger partial charge is 0.407 e. The Balaban J connectivity index is 1.36. The van der Waals surface area contributed by atoms with E-state index in [-0.39, 0.29) is 24.1 Å². The summed E-state index contributed by atoms with van der Waals surface area (Å²) in [7, 11) is 3.26. The molecule has 0 aliphatic carbocycles. The standard InChI is InChI=1S/C24H33N5O6/c1-26(24(33)34)11-9-17-15-28(12-13-35-17)10-3-4-16-5-6-18-20(14-16)27(2)23(32)29(18)19-7-8-21(30)25-22(19)31/h5-6,14,17,19H,3-4,7-13,15H2,1-2H3,(H,33,34)(H,25,30,31)/t17-,19?/m1/s1. The number of rotatable bonds is 8. The molecule has 0 bridgehead atoms. The fourth-order valence-electron chi connectivity index (χ4n) is 4.89. The molecule has 11 heteroatoms. The first kappa shape index (κ1) is 24.9. The van der Waals surface area contributed by atoms with Crippen LogP contribution in [0, 0.1) is 0 Å². The van der Waals surface area contributed by atoms with E-state index < -0.39 is 18.0 Å². The van der Waals surface area contributed by atoms with Crippen LogP contribution in [0.4, 0.5) is 4.79 Å². The molecule has 1 aromatic heterocycles. The number of nitrogens with zero attached hydrogens (tertiary/aromatic N) is 4. The first-order valence-corrected chi connectivity index (χ1v) is 12.1. The SMILES string of the molecule is CN(CC[C@@H]1CN(CCCc2ccc3c(c2)n(C)c(=O)n3C2CCC(=O)NC2=O)CCO1)C(=O)O. The molecule has 0 saturated carbocycles. The number of piperidine rings is 1. The van der Waals surface area contributed by atoms with Gasteiger partial charge in [-0.2, -0.15) is 0 Å². The number of imide groups is 1. The minimum Gasteiger partial charge on any atom is -0.465 e.